The van der Waals surface area contributed by atoms with E-state index in [-0.39, 0.29) is 11.8 Å². The lowest BCUT2D eigenvalue weighted by atomic mass is 10.1. The highest BCUT2D eigenvalue weighted by Crippen LogP contribution is 2.22. The molecule has 2 aromatic carbocycles. The van der Waals surface area contributed by atoms with Gasteiger partial charge < -0.3 is 19.9 Å². The van der Waals surface area contributed by atoms with Crippen molar-refractivity contribution in [1.29, 1.82) is 0 Å². The monoisotopic (exact) mass is 413 g/mol. The average molecular weight is 414 g/mol. The predicted octanol–water partition coefficient (Wildman–Crippen LogP) is 3.42. The summed E-state index contributed by atoms with van der Waals surface area (Å²) in [6.45, 7) is 3.40. The van der Waals surface area contributed by atoms with Gasteiger partial charge in [0.05, 0.1) is 0 Å². The molecule has 2 heterocycles. The Morgan fingerprint density at radius 1 is 1.03 bits per heavy atom. The zero-order valence-corrected chi connectivity index (χ0v) is 16.9. The van der Waals surface area contributed by atoms with Gasteiger partial charge in [-0.3, -0.25) is 9.59 Å². The van der Waals surface area contributed by atoms with E-state index in [1.54, 1.807) is 24.3 Å². The number of nitrogens with one attached hydrogen (secondary N) is 1. The Kier molecular flexibility index (Phi) is 6.02. The molecule has 152 valence electrons. The van der Waals surface area contributed by atoms with Crippen LogP contribution in [0.5, 0.6) is 0 Å². The Morgan fingerprint density at radius 2 is 1.83 bits per heavy atom. The highest BCUT2D eigenvalue weighted by molar-refractivity contribution is 6.30. The number of hydrogen-bond donors (Lipinski definition) is 1. The fourth-order valence-corrected chi connectivity index (χ4v) is 3.94. The van der Waals surface area contributed by atoms with E-state index in [2.05, 4.69) is 10.2 Å². The van der Waals surface area contributed by atoms with Crippen LogP contribution in [0.15, 0.2) is 48.5 Å². The summed E-state index contributed by atoms with van der Waals surface area (Å²) in [4.78, 5) is 29.3. The third-order valence-corrected chi connectivity index (χ3v) is 5.57. The minimum Gasteiger partial charge on any atom is -0.368 e. The molecule has 2 saturated heterocycles. The highest BCUT2D eigenvalue weighted by Gasteiger charge is 2.25. The molecule has 0 bridgehead atoms. The first-order chi connectivity index (χ1) is 14.1. The summed E-state index contributed by atoms with van der Waals surface area (Å²) in [6, 6.07) is 14.9. The van der Waals surface area contributed by atoms with Gasteiger partial charge in [0.15, 0.2) is 0 Å². The molecule has 2 aromatic rings. The Labute approximate surface area is 175 Å². The van der Waals surface area contributed by atoms with Crippen LogP contribution in [0.25, 0.3) is 0 Å². The lowest BCUT2D eigenvalue weighted by Gasteiger charge is -2.36. The van der Waals surface area contributed by atoms with Crippen molar-refractivity contribution in [3.05, 3.63) is 59.1 Å². The summed E-state index contributed by atoms with van der Waals surface area (Å²) < 4.78 is 5.41. The number of nitrogens with zero attached hydrogens (tertiary/aromatic N) is 2. The molecule has 0 spiro atoms. The maximum absolute atomic E-state index is 12.9. The second-order valence-corrected chi connectivity index (χ2v) is 7.77. The maximum atomic E-state index is 12.9. The average Bonchev–Trinajstić information content (AvgIpc) is 3.29. The number of amides is 2. The molecule has 0 saturated carbocycles. The minimum atomic E-state index is -0.395. The van der Waals surface area contributed by atoms with E-state index < -0.39 is 6.10 Å². The van der Waals surface area contributed by atoms with E-state index in [9.17, 15) is 9.59 Å². The van der Waals surface area contributed by atoms with Gasteiger partial charge in [0, 0.05) is 54.7 Å². The summed E-state index contributed by atoms with van der Waals surface area (Å²) >= 11 is 6.09. The SMILES string of the molecule is O=C(Nc1cccc(C(=O)N2CCN(c3cccc(Cl)c3)CC2)c1)[C@H]1CCCO1. The van der Waals surface area contributed by atoms with Crippen molar-refractivity contribution in [1.82, 2.24) is 4.90 Å². The normalized spacial score (nSPS) is 19.3. The predicted molar refractivity (Wildman–Crippen MR) is 114 cm³/mol. The first-order valence-corrected chi connectivity index (χ1v) is 10.3. The minimum absolute atomic E-state index is 0.0241. The molecule has 0 aromatic heterocycles. The number of carbonyl (C=O) groups is 2. The Morgan fingerprint density at radius 3 is 2.55 bits per heavy atom. The smallest absolute Gasteiger partial charge is 0.254 e. The molecular weight excluding hydrogens is 390 g/mol. The Balaban J connectivity index is 1.37. The summed E-state index contributed by atoms with van der Waals surface area (Å²) in [7, 11) is 0. The van der Waals surface area contributed by atoms with Gasteiger partial charge in [-0.05, 0) is 49.2 Å². The summed E-state index contributed by atoms with van der Waals surface area (Å²) in [5, 5.41) is 3.57. The van der Waals surface area contributed by atoms with E-state index in [0.717, 1.165) is 31.6 Å². The number of benzene rings is 2. The molecule has 7 heteroatoms. The number of halogens is 1. The summed E-state index contributed by atoms with van der Waals surface area (Å²) in [5.74, 6) is -0.175. The zero-order chi connectivity index (χ0) is 20.2. The lowest BCUT2D eigenvalue weighted by molar-refractivity contribution is -0.124. The number of piperazine rings is 1. The molecule has 1 N–H and O–H groups in total. The molecule has 29 heavy (non-hydrogen) atoms. The molecular formula is C22H24ClN3O3. The fourth-order valence-electron chi connectivity index (χ4n) is 3.76. The van der Waals surface area contributed by atoms with Gasteiger partial charge in [-0.1, -0.05) is 23.7 Å². The number of carbonyl (C=O) groups excluding carboxylic acids is 2. The quantitative estimate of drug-likeness (QED) is 0.834. The number of rotatable bonds is 4. The molecule has 0 unspecified atom stereocenters. The first-order valence-electron chi connectivity index (χ1n) is 9.92. The molecule has 6 nitrogen and oxygen atoms in total. The van der Waals surface area contributed by atoms with Crippen LogP contribution in [0.2, 0.25) is 5.02 Å². The summed E-state index contributed by atoms with van der Waals surface area (Å²) in [6.07, 6.45) is 1.24. The molecule has 2 amide bonds. The van der Waals surface area contributed by atoms with Gasteiger partial charge in [0.2, 0.25) is 0 Å². The Bertz CT molecular complexity index is 890. The molecule has 2 fully saturated rings. The van der Waals surface area contributed by atoms with E-state index in [0.29, 0.717) is 36.0 Å². The second-order valence-electron chi connectivity index (χ2n) is 7.33. The van der Waals surface area contributed by atoms with Gasteiger partial charge in [0.25, 0.3) is 11.8 Å². The largest absolute Gasteiger partial charge is 0.368 e. The number of hydrogen-bond acceptors (Lipinski definition) is 4. The molecule has 1 atom stereocenters. The highest BCUT2D eigenvalue weighted by atomic mass is 35.5. The van der Waals surface area contributed by atoms with Crippen molar-refractivity contribution in [3.63, 3.8) is 0 Å². The van der Waals surface area contributed by atoms with Crippen molar-refractivity contribution < 1.29 is 14.3 Å². The zero-order valence-electron chi connectivity index (χ0n) is 16.1. The van der Waals surface area contributed by atoms with Gasteiger partial charge in [-0.15, -0.1) is 0 Å². The van der Waals surface area contributed by atoms with Crippen molar-refractivity contribution in [2.75, 3.05) is 43.0 Å². The number of ether oxygens (including phenoxy) is 1. The molecule has 0 radical (unpaired) electrons. The van der Waals surface area contributed by atoms with Crippen molar-refractivity contribution >= 4 is 34.8 Å². The van der Waals surface area contributed by atoms with Crippen molar-refractivity contribution in [2.45, 2.75) is 18.9 Å². The fraction of sp³-hybridized carbons (Fsp3) is 0.364. The van der Waals surface area contributed by atoms with E-state index in [1.807, 2.05) is 29.2 Å². The molecule has 4 rings (SSSR count). The second kappa shape index (κ2) is 8.84. The van der Waals surface area contributed by atoms with Crippen molar-refractivity contribution in [2.24, 2.45) is 0 Å². The van der Waals surface area contributed by atoms with Crippen LogP contribution < -0.4 is 10.2 Å². The van der Waals surface area contributed by atoms with Crippen LogP contribution in [-0.4, -0.2) is 55.6 Å². The van der Waals surface area contributed by atoms with Crippen LogP contribution in [0.3, 0.4) is 0 Å². The number of anilines is 2. The van der Waals surface area contributed by atoms with Crippen LogP contribution in [-0.2, 0) is 9.53 Å². The molecule has 2 aliphatic rings. The van der Waals surface area contributed by atoms with Crippen LogP contribution in [0.4, 0.5) is 11.4 Å². The standard InChI is InChI=1S/C22H24ClN3O3/c23-17-5-2-7-19(15-17)25-9-11-26(12-10-25)22(28)16-4-1-6-18(14-16)24-21(27)20-8-3-13-29-20/h1-2,4-7,14-15,20H,3,8-13H2,(H,24,27)/t20-/m1/s1. The topological polar surface area (TPSA) is 61.9 Å². The van der Waals surface area contributed by atoms with Crippen LogP contribution in [0, 0.1) is 0 Å². The van der Waals surface area contributed by atoms with Crippen LogP contribution in [0.1, 0.15) is 23.2 Å². The summed E-state index contributed by atoms with van der Waals surface area (Å²) in [5.41, 5.74) is 2.27. The van der Waals surface area contributed by atoms with Crippen LogP contribution >= 0.6 is 11.6 Å². The van der Waals surface area contributed by atoms with Gasteiger partial charge in [-0.25, -0.2) is 0 Å². The first kappa shape index (κ1) is 19.7. The lowest BCUT2D eigenvalue weighted by Crippen LogP contribution is -2.48. The van der Waals surface area contributed by atoms with Gasteiger partial charge in [0.1, 0.15) is 6.10 Å². The van der Waals surface area contributed by atoms with E-state index >= 15 is 0 Å². The third kappa shape index (κ3) is 4.71. The molecule has 0 aliphatic carbocycles. The van der Waals surface area contributed by atoms with E-state index in [1.165, 1.54) is 0 Å². The van der Waals surface area contributed by atoms with E-state index in [4.69, 9.17) is 16.3 Å². The Hall–Kier alpha value is -2.57. The third-order valence-electron chi connectivity index (χ3n) is 5.34. The van der Waals surface area contributed by atoms with Gasteiger partial charge >= 0.3 is 0 Å². The van der Waals surface area contributed by atoms with Crippen molar-refractivity contribution in [3.8, 4) is 0 Å². The van der Waals surface area contributed by atoms with Gasteiger partial charge in [-0.2, -0.15) is 0 Å². The molecule has 2 aliphatic heterocycles. The maximum Gasteiger partial charge on any atom is 0.254 e.